The Morgan fingerprint density at radius 1 is 1.40 bits per heavy atom. The molecule has 2 aliphatic rings. The molecule has 7 heteroatoms. The van der Waals surface area contributed by atoms with E-state index in [9.17, 15) is 19.5 Å². The lowest BCUT2D eigenvalue weighted by Gasteiger charge is -2.49. The summed E-state index contributed by atoms with van der Waals surface area (Å²) in [6, 6.07) is -0.630. The molecular weight excluding hydrogens is 280 g/mol. The second kappa shape index (κ2) is 4.80. The van der Waals surface area contributed by atoms with Gasteiger partial charge in [-0.3, -0.25) is 14.5 Å². The topological polar surface area (TPSA) is 86.7 Å². The number of hydrogen-bond acceptors (Lipinski definition) is 4. The van der Waals surface area contributed by atoms with E-state index in [1.54, 1.807) is 27.7 Å². The highest BCUT2D eigenvalue weighted by Gasteiger charge is 2.54. The number of amides is 2. The van der Waals surface area contributed by atoms with Gasteiger partial charge in [-0.05, 0) is 12.5 Å². The van der Waals surface area contributed by atoms with Gasteiger partial charge in [0.25, 0.3) is 5.91 Å². The Morgan fingerprint density at radius 2 is 2.00 bits per heavy atom. The third-order valence-electron chi connectivity index (χ3n) is 3.33. The first-order valence-corrected chi connectivity index (χ1v) is 7.38. The van der Waals surface area contributed by atoms with Crippen molar-refractivity contribution >= 4 is 29.5 Å². The number of nitrogens with zero attached hydrogens (tertiary/aromatic N) is 1. The molecule has 0 radical (unpaired) electrons. The highest BCUT2D eigenvalue weighted by molar-refractivity contribution is 8.00. The number of aliphatic carboxylic acids is 1. The minimum Gasteiger partial charge on any atom is -0.477 e. The maximum atomic E-state index is 12.1. The van der Waals surface area contributed by atoms with Crippen LogP contribution in [0.4, 0.5) is 0 Å². The summed E-state index contributed by atoms with van der Waals surface area (Å²) in [6.07, 6.45) is 0. The molecule has 1 saturated heterocycles. The second-order valence-corrected chi connectivity index (χ2v) is 7.15. The zero-order chi connectivity index (χ0) is 15.2. The fraction of sp³-hybridized carbons (Fsp3) is 0.615. The van der Waals surface area contributed by atoms with E-state index in [0.29, 0.717) is 11.3 Å². The quantitative estimate of drug-likeness (QED) is 0.736. The number of fused-ring (bicyclic) bond motifs is 1. The number of β-lactam (4-membered cyclic amide) rings is 1. The molecule has 2 aliphatic heterocycles. The minimum absolute atomic E-state index is 0.0556. The maximum absolute atomic E-state index is 12.1. The van der Waals surface area contributed by atoms with Gasteiger partial charge in [0.05, 0.1) is 0 Å². The van der Waals surface area contributed by atoms with E-state index < -0.39 is 17.4 Å². The van der Waals surface area contributed by atoms with Crippen molar-refractivity contribution in [3.63, 3.8) is 0 Å². The summed E-state index contributed by atoms with van der Waals surface area (Å²) in [4.78, 5) is 36.6. The van der Waals surface area contributed by atoms with Gasteiger partial charge in [0.15, 0.2) is 0 Å². The van der Waals surface area contributed by atoms with E-state index in [4.69, 9.17) is 0 Å². The zero-order valence-electron chi connectivity index (χ0n) is 11.9. The number of hydrogen-bond donors (Lipinski definition) is 2. The molecule has 2 N–H and O–H groups in total. The van der Waals surface area contributed by atoms with Crippen LogP contribution in [-0.4, -0.2) is 45.0 Å². The molecule has 2 heterocycles. The lowest BCUT2D eigenvalue weighted by Crippen LogP contribution is -2.71. The number of nitrogens with one attached hydrogen (secondary N) is 1. The summed E-state index contributed by atoms with van der Waals surface area (Å²) < 4.78 is 0. The monoisotopic (exact) mass is 298 g/mol. The van der Waals surface area contributed by atoms with Crippen LogP contribution >= 0.6 is 11.8 Å². The largest absolute Gasteiger partial charge is 0.477 e. The summed E-state index contributed by atoms with van der Waals surface area (Å²) in [5.41, 5.74) is 0.147. The van der Waals surface area contributed by atoms with Crippen molar-refractivity contribution in [2.24, 2.45) is 5.41 Å². The Kier molecular flexibility index (Phi) is 3.58. The standard InChI is InChI=1S/C13H18N2O4S/c1-6-5-20-10-7(14-12(19)13(2,3)4)9(16)15(10)8(6)11(17)18/h7,10H,5H2,1-4H3,(H,14,19)(H,17,18). The van der Waals surface area contributed by atoms with Crippen LogP contribution < -0.4 is 5.32 Å². The lowest BCUT2D eigenvalue weighted by atomic mass is 9.94. The van der Waals surface area contributed by atoms with Gasteiger partial charge in [0, 0.05) is 11.2 Å². The third-order valence-corrected chi connectivity index (χ3v) is 4.75. The molecule has 0 aliphatic carbocycles. The molecule has 0 aromatic carbocycles. The van der Waals surface area contributed by atoms with Crippen LogP contribution in [-0.2, 0) is 14.4 Å². The normalized spacial score (nSPS) is 26.0. The minimum atomic E-state index is -1.10. The first-order chi connectivity index (χ1) is 9.14. The number of carbonyl (C=O) groups excluding carboxylic acids is 2. The van der Waals surface area contributed by atoms with Crippen LogP contribution in [0.25, 0.3) is 0 Å². The number of rotatable bonds is 2. The third kappa shape index (κ3) is 2.30. The number of carbonyl (C=O) groups is 3. The summed E-state index contributed by atoms with van der Waals surface area (Å²) in [6.45, 7) is 7.01. The van der Waals surface area contributed by atoms with E-state index >= 15 is 0 Å². The molecule has 0 bridgehead atoms. The predicted octanol–water partition coefficient (Wildman–Crippen LogP) is 0.791. The maximum Gasteiger partial charge on any atom is 0.352 e. The lowest BCUT2D eigenvalue weighted by molar-refractivity contribution is -0.151. The number of carboxylic acids is 1. The Balaban J connectivity index is 2.16. The summed E-state index contributed by atoms with van der Waals surface area (Å²) >= 11 is 1.48. The van der Waals surface area contributed by atoms with Crippen molar-refractivity contribution < 1.29 is 19.5 Å². The van der Waals surface area contributed by atoms with Gasteiger partial charge in [0.2, 0.25) is 5.91 Å². The van der Waals surface area contributed by atoms with Gasteiger partial charge in [-0.2, -0.15) is 0 Å². The molecule has 2 rings (SSSR count). The van der Waals surface area contributed by atoms with Gasteiger partial charge < -0.3 is 10.4 Å². The molecule has 1 fully saturated rings. The Labute approximate surface area is 121 Å². The SMILES string of the molecule is CC1=C(C(=O)O)N2C(=O)C(NC(=O)C(C)(C)C)C2SC1. The molecule has 110 valence electrons. The molecule has 2 atom stereocenters. The average molecular weight is 298 g/mol. The van der Waals surface area contributed by atoms with E-state index in [0.717, 1.165) is 0 Å². The first kappa shape index (κ1) is 14.9. The van der Waals surface area contributed by atoms with Crippen molar-refractivity contribution in [2.45, 2.75) is 39.1 Å². The number of thioether (sulfide) groups is 1. The van der Waals surface area contributed by atoms with Crippen molar-refractivity contribution in [1.82, 2.24) is 10.2 Å². The van der Waals surface area contributed by atoms with E-state index in [2.05, 4.69) is 5.32 Å². The van der Waals surface area contributed by atoms with Crippen LogP contribution in [0.5, 0.6) is 0 Å². The van der Waals surface area contributed by atoms with Gasteiger partial charge in [-0.25, -0.2) is 4.79 Å². The van der Waals surface area contributed by atoms with Gasteiger partial charge in [0.1, 0.15) is 17.1 Å². The summed E-state index contributed by atoms with van der Waals surface area (Å²) in [5.74, 6) is -1.10. The molecule has 2 unspecified atom stereocenters. The van der Waals surface area contributed by atoms with Crippen LogP contribution in [0.2, 0.25) is 0 Å². The predicted molar refractivity (Wildman–Crippen MR) is 74.8 cm³/mol. The van der Waals surface area contributed by atoms with Crippen molar-refractivity contribution in [1.29, 1.82) is 0 Å². The smallest absolute Gasteiger partial charge is 0.352 e. The highest BCUT2D eigenvalue weighted by atomic mass is 32.2. The summed E-state index contributed by atoms with van der Waals surface area (Å²) in [7, 11) is 0. The van der Waals surface area contributed by atoms with Crippen molar-refractivity contribution in [3.8, 4) is 0 Å². The van der Waals surface area contributed by atoms with E-state index in [-0.39, 0.29) is 22.9 Å². The molecule has 20 heavy (non-hydrogen) atoms. The molecule has 6 nitrogen and oxygen atoms in total. The molecule has 0 saturated carbocycles. The average Bonchev–Trinajstić information content (AvgIpc) is 2.33. The molecular formula is C13H18N2O4S. The molecule has 0 aromatic rings. The van der Waals surface area contributed by atoms with Crippen LogP contribution in [0.3, 0.4) is 0 Å². The van der Waals surface area contributed by atoms with Gasteiger partial charge in [-0.1, -0.05) is 20.8 Å². The van der Waals surface area contributed by atoms with Crippen LogP contribution in [0.1, 0.15) is 27.7 Å². The van der Waals surface area contributed by atoms with Crippen LogP contribution in [0.15, 0.2) is 11.3 Å². The second-order valence-electron chi connectivity index (χ2n) is 6.05. The summed E-state index contributed by atoms with van der Waals surface area (Å²) in [5, 5.41) is 11.6. The molecule has 2 amide bonds. The Hall–Kier alpha value is -1.50. The first-order valence-electron chi connectivity index (χ1n) is 6.33. The van der Waals surface area contributed by atoms with E-state index in [1.807, 2.05) is 0 Å². The van der Waals surface area contributed by atoms with Crippen molar-refractivity contribution in [2.75, 3.05) is 5.75 Å². The Morgan fingerprint density at radius 3 is 2.50 bits per heavy atom. The van der Waals surface area contributed by atoms with Gasteiger partial charge in [-0.15, -0.1) is 11.8 Å². The molecule has 0 aromatic heterocycles. The molecule has 0 spiro atoms. The fourth-order valence-corrected chi connectivity index (χ4v) is 3.43. The van der Waals surface area contributed by atoms with Crippen molar-refractivity contribution in [3.05, 3.63) is 11.3 Å². The zero-order valence-corrected chi connectivity index (χ0v) is 12.7. The fourth-order valence-electron chi connectivity index (χ4n) is 2.13. The van der Waals surface area contributed by atoms with Crippen LogP contribution in [0, 0.1) is 5.41 Å². The van der Waals surface area contributed by atoms with Gasteiger partial charge >= 0.3 is 5.97 Å². The number of carboxylic acid groups (broad SMARTS) is 1. The highest BCUT2D eigenvalue weighted by Crippen LogP contribution is 2.40. The van der Waals surface area contributed by atoms with E-state index in [1.165, 1.54) is 16.7 Å². The Bertz CT molecular complexity index is 521.